The van der Waals surface area contributed by atoms with Gasteiger partial charge in [0.15, 0.2) is 0 Å². The fraction of sp³-hybridized carbons (Fsp3) is 0.846. The van der Waals surface area contributed by atoms with E-state index >= 15 is 0 Å². The van der Waals surface area contributed by atoms with Crippen LogP contribution in [0, 0.1) is 0 Å². The first kappa shape index (κ1) is 15.0. The van der Waals surface area contributed by atoms with E-state index in [1.807, 2.05) is 0 Å². The molecule has 1 atom stereocenters. The van der Waals surface area contributed by atoms with Gasteiger partial charge in [0.1, 0.15) is 6.04 Å². The summed E-state index contributed by atoms with van der Waals surface area (Å²) in [6.07, 6.45) is 6.91. The molecule has 1 fully saturated rings. The highest BCUT2D eigenvalue weighted by atomic mass is 16.5. The molecule has 18 heavy (non-hydrogen) atoms. The van der Waals surface area contributed by atoms with Gasteiger partial charge in [-0.1, -0.05) is 25.7 Å². The first-order chi connectivity index (χ1) is 8.70. The highest BCUT2D eigenvalue weighted by Gasteiger charge is 2.13. The zero-order valence-electron chi connectivity index (χ0n) is 11.2. The number of esters is 1. The van der Waals surface area contributed by atoms with E-state index in [4.69, 9.17) is 4.74 Å². The number of carbonyl (C=O) groups excluding carboxylic acids is 2. The molecule has 1 aliphatic rings. The Morgan fingerprint density at radius 1 is 1.06 bits per heavy atom. The lowest BCUT2D eigenvalue weighted by Crippen LogP contribution is -2.42. The molecule has 5 heteroatoms. The Balaban J connectivity index is 2.34. The number of ether oxygens (including phenoxy) is 1. The Bertz CT molecular complexity index is 269. The summed E-state index contributed by atoms with van der Waals surface area (Å²) in [7, 11) is 0. The van der Waals surface area contributed by atoms with Crippen LogP contribution in [0.15, 0.2) is 0 Å². The third kappa shape index (κ3) is 6.59. The van der Waals surface area contributed by atoms with E-state index in [0.29, 0.717) is 19.7 Å². The number of cyclic esters (lactones) is 1. The molecule has 104 valence electrons. The van der Waals surface area contributed by atoms with Crippen molar-refractivity contribution in [3.63, 3.8) is 0 Å². The molecule has 1 unspecified atom stereocenters. The molecular weight excluding hydrogens is 232 g/mol. The number of amides is 1. The van der Waals surface area contributed by atoms with Crippen LogP contribution in [-0.2, 0) is 14.3 Å². The molecule has 0 radical (unpaired) electrons. The summed E-state index contributed by atoms with van der Waals surface area (Å²) in [5.41, 5.74) is 0. The van der Waals surface area contributed by atoms with Crippen LogP contribution in [-0.4, -0.2) is 31.2 Å². The monoisotopic (exact) mass is 256 g/mol. The quantitative estimate of drug-likeness (QED) is 0.642. The van der Waals surface area contributed by atoms with Crippen molar-refractivity contribution in [1.82, 2.24) is 10.6 Å². The van der Waals surface area contributed by atoms with E-state index in [9.17, 15) is 9.59 Å². The highest BCUT2D eigenvalue weighted by Crippen LogP contribution is 2.07. The van der Waals surface area contributed by atoms with Crippen LogP contribution in [0.25, 0.3) is 0 Å². The van der Waals surface area contributed by atoms with Crippen LogP contribution in [0.3, 0.4) is 0 Å². The maximum absolute atomic E-state index is 11.5. The predicted octanol–water partition coefficient (Wildman–Crippen LogP) is 1.33. The predicted molar refractivity (Wildman–Crippen MR) is 68.9 cm³/mol. The van der Waals surface area contributed by atoms with Crippen LogP contribution in [0.1, 0.15) is 51.9 Å². The Morgan fingerprint density at radius 2 is 1.72 bits per heavy atom. The molecule has 0 aromatic heterocycles. The van der Waals surface area contributed by atoms with Crippen molar-refractivity contribution >= 4 is 11.9 Å². The Kier molecular flexibility index (Phi) is 7.41. The van der Waals surface area contributed by atoms with Crippen LogP contribution in [0.4, 0.5) is 0 Å². The van der Waals surface area contributed by atoms with E-state index < -0.39 is 0 Å². The zero-order valence-corrected chi connectivity index (χ0v) is 11.2. The van der Waals surface area contributed by atoms with Gasteiger partial charge in [0, 0.05) is 6.42 Å². The Labute approximate surface area is 109 Å². The second-order valence-electron chi connectivity index (χ2n) is 4.74. The number of hydrogen-bond donors (Lipinski definition) is 2. The zero-order chi connectivity index (χ0) is 13.2. The van der Waals surface area contributed by atoms with E-state index in [1.165, 1.54) is 0 Å². The molecule has 0 aromatic rings. The van der Waals surface area contributed by atoms with Crippen molar-refractivity contribution in [2.75, 3.05) is 13.3 Å². The third-order valence-electron chi connectivity index (χ3n) is 3.09. The molecule has 1 aliphatic heterocycles. The lowest BCUT2D eigenvalue weighted by Gasteiger charge is -2.13. The minimum Gasteiger partial charge on any atom is -0.465 e. The maximum atomic E-state index is 11.5. The number of rotatable bonds is 0. The normalized spacial score (nSPS) is 25.5. The maximum Gasteiger partial charge on any atom is 0.322 e. The van der Waals surface area contributed by atoms with Crippen molar-refractivity contribution in [2.24, 2.45) is 0 Å². The van der Waals surface area contributed by atoms with Gasteiger partial charge in [-0.25, -0.2) is 0 Å². The molecule has 0 bridgehead atoms. The van der Waals surface area contributed by atoms with Crippen LogP contribution >= 0.6 is 0 Å². The Morgan fingerprint density at radius 3 is 2.50 bits per heavy atom. The van der Waals surface area contributed by atoms with Gasteiger partial charge >= 0.3 is 5.97 Å². The van der Waals surface area contributed by atoms with Gasteiger partial charge in [0.05, 0.1) is 13.3 Å². The van der Waals surface area contributed by atoms with Gasteiger partial charge in [-0.05, 0) is 19.8 Å². The molecule has 1 saturated heterocycles. The number of nitrogens with one attached hydrogen (secondary N) is 2. The van der Waals surface area contributed by atoms with E-state index in [0.717, 1.165) is 38.5 Å². The topological polar surface area (TPSA) is 67.4 Å². The smallest absolute Gasteiger partial charge is 0.322 e. The molecule has 1 heterocycles. The molecule has 0 aromatic carbocycles. The molecule has 1 rings (SSSR count). The summed E-state index contributed by atoms with van der Waals surface area (Å²) in [5.74, 6) is -0.211. The van der Waals surface area contributed by atoms with Gasteiger partial charge in [-0.3, -0.25) is 14.9 Å². The lowest BCUT2D eigenvalue weighted by atomic mass is 10.1. The van der Waals surface area contributed by atoms with Gasteiger partial charge in [-0.15, -0.1) is 0 Å². The molecule has 0 spiro atoms. The lowest BCUT2D eigenvalue weighted by molar-refractivity contribution is -0.146. The third-order valence-corrected chi connectivity index (χ3v) is 3.09. The fourth-order valence-corrected chi connectivity index (χ4v) is 1.87. The second kappa shape index (κ2) is 8.91. The Hall–Kier alpha value is -1.10. The molecule has 0 saturated carbocycles. The van der Waals surface area contributed by atoms with Gasteiger partial charge in [-0.2, -0.15) is 0 Å². The number of hydrogen-bond acceptors (Lipinski definition) is 4. The van der Waals surface area contributed by atoms with Gasteiger partial charge < -0.3 is 10.1 Å². The van der Waals surface area contributed by atoms with Crippen LogP contribution in [0.2, 0.25) is 0 Å². The van der Waals surface area contributed by atoms with Gasteiger partial charge in [0.2, 0.25) is 5.91 Å². The summed E-state index contributed by atoms with van der Waals surface area (Å²) >= 11 is 0. The van der Waals surface area contributed by atoms with E-state index in [-0.39, 0.29) is 17.9 Å². The summed E-state index contributed by atoms with van der Waals surface area (Å²) in [6.45, 7) is 2.55. The average Bonchev–Trinajstić information content (AvgIpc) is 2.35. The number of carbonyl (C=O) groups is 2. The molecule has 5 nitrogen and oxygen atoms in total. The summed E-state index contributed by atoms with van der Waals surface area (Å²) in [5, 5.41) is 5.67. The largest absolute Gasteiger partial charge is 0.465 e. The second-order valence-corrected chi connectivity index (χ2v) is 4.74. The summed E-state index contributed by atoms with van der Waals surface area (Å²) in [4.78, 5) is 23.0. The minimum atomic E-state index is -0.379. The van der Waals surface area contributed by atoms with Crippen molar-refractivity contribution in [3.05, 3.63) is 0 Å². The van der Waals surface area contributed by atoms with Gasteiger partial charge in [0.25, 0.3) is 0 Å². The standard InChI is InChI=1S/C13H24N2O3/c1-11-13(17)18-9-7-5-3-2-4-6-8-12(16)15-10-14-11/h11,14H,2-10H2,1H3,(H,15,16). The fourth-order valence-electron chi connectivity index (χ4n) is 1.87. The van der Waals surface area contributed by atoms with Crippen LogP contribution < -0.4 is 10.6 Å². The minimum absolute atomic E-state index is 0.0398. The first-order valence-electron chi connectivity index (χ1n) is 6.87. The molecule has 1 amide bonds. The first-order valence-corrected chi connectivity index (χ1v) is 6.87. The molecule has 2 N–H and O–H groups in total. The molecular formula is C13H24N2O3. The highest BCUT2D eigenvalue weighted by molar-refractivity contribution is 5.76. The van der Waals surface area contributed by atoms with Crippen molar-refractivity contribution < 1.29 is 14.3 Å². The van der Waals surface area contributed by atoms with E-state index in [1.54, 1.807) is 6.92 Å². The van der Waals surface area contributed by atoms with Crippen molar-refractivity contribution in [2.45, 2.75) is 57.9 Å². The SMILES string of the molecule is CC1NCNC(=O)CCCCCCCCOC1=O. The summed E-state index contributed by atoms with van der Waals surface area (Å²) < 4.78 is 5.14. The van der Waals surface area contributed by atoms with Crippen LogP contribution in [0.5, 0.6) is 0 Å². The van der Waals surface area contributed by atoms with Crippen molar-refractivity contribution in [1.29, 1.82) is 0 Å². The average molecular weight is 256 g/mol. The van der Waals surface area contributed by atoms with E-state index in [2.05, 4.69) is 10.6 Å². The van der Waals surface area contributed by atoms with Crippen molar-refractivity contribution in [3.8, 4) is 0 Å². The molecule has 0 aliphatic carbocycles. The summed E-state index contributed by atoms with van der Waals surface area (Å²) in [6, 6.07) is -0.379.